The van der Waals surface area contributed by atoms with Crippen molar-refractivity contribution in [1.82, 2.24) is 10.3 Å². The Morgan fingerprint density at radius 2 is 2.26 bits per heavy atom. The van der Waals surface area contributed by atoms with E-state index in [0.29, 0.717) is 13.2 Å². The molecule has 0 radical (unpaired) electrons. The lowest BCUT2D eigenvalue weighted by Gasteiger charge is -2.16. The van der Waals surface area contributed by atoms with Gasteiger partial charge in [-0.2, -0.15) is 0 Å². The first-order valence-corrected chi connectivity index (χ1v) is 6.34. The number of nitrogens with one attached hydrogen (secondary N) is 1. The van der Waals surface area contributed by atoms with Crippen LogP contribution in [0.3, 0.4) is 0 Å². The SMILES string of the molecule is Cc1cc(CN(C)CCOC(C)C)oc1C(=O)NN. The van der Waals surface area contributed by atoms with Crippen molar-refractivity contribution in [3.63, 3.8) is 0 Å². The topological polar surface area (TPSA) is 80.7 Å². The number of carbonyl (C=O) groups excluding carboxylic acids is 1. The maximum Gasteiger partial charge on any atom is 0.301 e. The van der Waals surface area contributed by atoms with Crippen molar-refractivity contribution < 1.29 is 13.9 Å². The van der Waals surface area contributed by atoms with Crippen molar-refractivity contribution in [1.29, 1.82) is 0 Å². The number of likely N-dealkylation sites (N-methyl/N-ethyl adjacent to an activating group) is 1. The highest BCUT2D eigenvalue weighted by molar-refractivity contribution is 5.92. The predicted molar refractivity (Wildman–Crippen MR) is 72.5 cm³/mol. The van der Waals surface area contributed by atoms with E-state index in [-0.39, 0.29) is 11.9 Å². The lowest BCUT2D eigenvalue weighted by Crippen LogP contribution is -2.30. The third-order valence-corrected chi connectivity index (χ3v) is 2.66. The number of furan rings is 1. The van der Waals surface area contributed by atoms with E-state index >= 15 is 0 Å². The third-order valence-electron chi connectivity index (χ3n) is 2.66. The molecule has 1 aromatic rings. The van der Waals surface area contributed by atoms with E-state index in [9.17, 15) is 4.79 Å². The number of aryl methyl sites for hydroxylation is 1. The summed E-state index contributed by atoms with van der Waals surface area (Å²) in [5, 5.41) is 0. The van der Waals surface area contributed by atoms with Crippen molar-refractivity contribution in [2.75, 3.05) is 20.2 Å². The number of rotatable bonds is 7. The Bertz CT molecular complexity index is 415. The average Bonchev–Trinajstić information content (AvgIpc) is 2.68. The molecule has 19 heavy (non-hydrogen) atoms. The van der Waals surface area contributed by atoms with Gasteiger partial charge in [-0.05, 0) is 33.9 Å². The summed E-state index contributed by atoms with van der Waals surface area (Å²) in [7, 11) is 1.98. The Labute approximate surface area is 113 Å². The standard InChI is InChI=1S/C13H23N3O3/c1-9(2)18-6-5-16(4)8-11-7-10(3)12(19-11)13(17)15-14/h7,9H,5-6,8,14H2,1-4H3,(H,15,17). The summed E-state index contributed by atoms with van der Waals surface area (Å²) in [5.41, 5.74) is 2.85. The van der Waals surface area contributed by atoms with Gasteiger partial charge < -0.3 is 9.15 Å². The quantitative estimate of drug-likeness (QED) is 0.439. The highest BCUT2D eigenvalue weighted by atomic mass is 16.5. The van der Waals surface area contributed by atoms with Gasteiger partial charge >= 0.3 is 5.91 Å². The Kier molecular flexibility index (Phi) is 6.01. The molecule has 6 heteroatoms. The number of hydrazine groups is 1. The molecule has 0 aromatic carbocycles. The van der Waals surface area contributed by atoms with Gasteiger partial charge in [-0.25, -0.2) is 5.84 Å². The van der Waals surface area contributed by atoms with E-state index in [1.54, 1.807) is 0 Å². The number of nitrogen functional groups attached to an aromatic ring is 1. The highest BCUT2D eigenvalue weighted by Gasteiger charge is 2.15. The molecule has 0 bridgehead atoms. The number of nitrogens with two attached hydrogens (primary N) is 1. The molecular weight excluding hydrogens is 246 g/mol. The van der Waals surface area contributed by atoms with Crippen LogP contribution in [-0.4, -0.2) is 37.1 Å². The van der Waals surface area contributed by atoms with E-state index in [0.717, 1.165) is 17.9 Å². The van der Waals surface area contributed by atoms with E-state index in [2.05, 4.69) is 10.3 Å². The largest absolute Gasteiger partial charge is 0.454 e. The van der Waals surface area contributed by atoms with E-state index in [1.165, 1.54) is 0 Å². The van der Waals surface area contributed by atoms with Crippen LogP contribution >= 0.6 is 0 Å². The number of hydrogen-bond acceptors (Lipinski definition) is 5. The molecule has 1 aromatic heterocycles. The molecule has 0 atom stereocenters. The Morgan fingerprint density at radius 1 is 1.58 bits per heavy atom. The highest BCUT2D eigenvalue weighted by Crippen LogP contribution is 2.15. The third kappa shape index (κ3) is 5.02. The molecule has 1 amide bonds. The fourth-order valence-electron chi connectivity index (χ4n) is 1.71. The van der Waals surface area contributed by atoms with Gasteiger partial charge in [0.25, 0.3) is 0 Å². The molecule has 6 nitrogen and oxygen atoms in total. The van der Waals surface area contributed by atoms with Crippen molar-refractivity contribution >= 4 is 5.91 Å². The molecule has 1 heterocycles. The fourth-order valence-corrected chi connectivity index (χ4v) is 1.71. The number of hydrogen-bond donors (Lipinski definition) is 2. The molecular formula is C13H23N3O3. The molecule has 0 unspecified atom stereocenters. The number of carbonyl (C=O) groups is 1. The zero-order valence-corrected chi connectivity index (χ0v) is 12.0. The molecule has 0 saturated carbocycles. The Hall–Kier alpha value is -1.37. The molecule has 3 N–H and O–H groups in total. The maximum atomic E-state index is 11.4. The summed E-state index contributed by atoms with van der Waals surface area (Å²) < 4.78 is 11.0. The normalized spacial score (nSPS) is 11.3. The Balaban J connectivity index is 2.50. The second-order valence-electron chi connectivity index (χ2n) is 4.86. The molecule has 0 aliphatic carbocycles. The molecule has 0 fully saturated rings. The second-order valence-corrected chi connectivity index (χ2v) is 4.86. The van der Waals surface area contributed by atoms with Crippen LogP contribution in [0.1, 0.15) is 35.7 Å². The zero-order valence-electron chi connectivity index (χ0n) is 12.0. The maximum absolute atomic E-state index is 11.4. The molecule has 0 aliphatic heterocycles. The van der Waals surface area contributed by atoms with Gasteiger partial charge in [0.1, 0.15) is 5.76 Å². The minimum Gasteiger partial charge on any atom is -0.454 e. The van der Waals surface area contributed by atoms with Crippen LogP contribution in [0.15, 0.2) is 10.5 Å². The van der Waals surface area contributed by atoms with E-state index < -0.39 is 5.91 Å². The van der Waals surface area contributed by atoms with Crippen molar-refractivity contribution in [2.45, 2.75) is 33.4 Å². The molecule has 0 aliphatic rings. The first-order chi connectivity index (χ1) is 8.93. The summed E-state index contributed by atoms with van der Waals surface area (Å²) in [4.78, 5) is 13.5. The van der Waals surface area contributed by atoms with Gasteiger partial charge in [0.2, 0.25) is 0 Å². The van der Waals surface area contributed by atoms with Crippen LogP contribution in [-0.2, 0) is 11.3 Å². The molecule has 1 rings (SSSR count). The van der Waals surface area contributed by atoms with E-state index in [4.69, 9.17) is 15.0 Å². The predicted octanol–water partition coefficient (Wildman–Crippen LogP) is 1.05. The fraction of sp³-hybridized carbons (Fsp3) is 0.615. The summed E-state index contributed by atoms with van der Waals surface area (Å²) in [6.07, 6.45) is 0.235. The lowest BCUT2D eigenvalue weighted by molar-refractivity contribution is 0.0614. The van der Waals surface area contributed by atoms with Crippen molar-refractivity contribution in [3.8, 4) is 0 Å². The monoisotopic (exact) mass is 269 g/mol. The van der Waals surface area contributed by atoms with Gasteiger partial charge in [-0.1, -0.05) is 0 Å². The number of amides is 1. The minimum absolute atomic E-state index is 0.235. The van der Waals surface area contributed by atoms with E-state index in [1.807, 2.05) is 33.9 Å². The second kappa shape index (κ2) is 7.28. The van der Waals surface area contributed by atoms with Crippen LogP contribution in [0.2, 0.25) is 0 Å². The lowest BCUT2D eigenvalue weighted by atomic mass is 10.2. The van der Waals surface area contributed by atoms with Gasteiger partial charge in [0, 0.05) is 12.1 Å². The minimum atomic E-state index is -0.408. The Morgan fingerprint density at radius 3 is 2.84 bits per heavy atom. The summed E-state index contributed by atoms with van der Waals surface area (Å²) in [6.45, 7) is 7.93. The van der Waals surface area contributed by atoms with Gasteiger partial charge in [-0.15, -0.1) is 0 Å². The first-order valence-electron chi connectivity index (χ1n) is 6.34. The number of ether oxygens (including phenoxy) is 1. The number of nitrogens with zero attached hydrogens (tertiary/aromatic N) is 1. The summed E-state index contributed by atoms with van der Waals surface area (Å²) in [6, 6.07) is 1.85. The van der Waals surface area contributed by atoms with Crippen LogP contribution in [0.4, 0.5) is 0 Å². The van der Waals surface area contributed by atoms with Crippen molar-refractivity contribution in [3.05, 3.63) is 23.2 Å². The van der Waals surface area contributed by atoms with Crippen LogP contribution in [0, 0.1) is 6.92 Å². The first kappa shape index (κ1) is 15.7. The zero-order chi connectivity index (χ0) is 14.4. The summed E-state index contributed by atoms with van der Waals surface area (Å²) >= 11 is 0. The van der Waals surface area contributed by atoms with Gasteiger partial charge in [0.05, 0.1) is 19.3 Å². The van der Waals surface area contributed by atoms with Crippen LogP contribution in [0.25, 0.3) is 0 Å². The molecule has 108 valence electrons. The summed E-state index contributed by atoms with van der Waals surface area (Å²) in [5.74, 6) is 5.69. The van der Waals surface area contributed by atoms with Crippen LogP contribution < -0.4 is 11.3 Å². The van der Waals surface area contributed by atoms with Crippen molar-refractivity contribution in [2.24, 2.45) is 5.84 Å². The smallest absolute Gasteiger partial charge is 0.301 e. The van der Waals surface area contributed by atoms with Gasteiger partial charge in [-0.3, -0.25) is 15.1 Å². The van der Waals surface area contributed by atoms with Gasteiger partial charge in [0.15, 0.2) is 5.76 Å². The molecule has 0 saturated heterocycles. The molecule has 0 spiro atoms. The van der Waals surface area contributed by atoms with Crippen LogP contribution in [0.5, 0.6) is 0 Å². The average molecular weight is 269 g/mol.